The summed E-state index contributed by atoms with van der Waals surface area (Å²) in [5.74, 6) is 0.100. The second kappa shape index (κ2) is 4.93. The molecule has 0 saturated carbocycles. The minimum absolute atomic E-state index is 0.100. The van der Waals surface area contributed by atoms with E-state index in [2.05, 4.69) is 0 Å². The lowest BCUT2D eigenvalue weighted by atomic mass is 9.94. The summed E-state index contributed by atoms with van der Waals surface area (Å²) in [5.41, 5.74) is 3.70. The maximum absolute atomic E-state index is 12.8. The number of carbonyl (C=O) groups is 1. The molecule has 0 radical (unpaired) electrons. The van der Waals surface area contributed by atoms with Crippen molar-refractivity contribution >= 4 is 16.6 Å². The van der Waals surface area contributed by atoms with Gasteiger partial charge in [-0.05, 0) is 36.2 Å². The fourth-order valence-electron chi connectivity index (χ4n) is 2.55. The SMILES string of the molecule is Cc1ccc(C)c(C(=O)c2cccc3ccccc23)c1. The zero-order valence-electron chi connectivity index (χ0n) is 11.7. The van der Waals surface area contributed by atoms with Gasteiger partial charge in [0.25, 0.3) is 0 Å². The van der Waals surface area contributed by atoms with Crippen LogP contribution in [0.2, 0.25) is 0 Å². The molecule has 0 aliphatic heterocycles. The lowest BCUT2D eigenvalue weighted by Crippen LogP contribution is -2.04. The van der Waals surface area contributed by atoms with Crippen molar-refractivity contribution < 1.29 is 4.79 Å². The molecule has 0 heterocycles. The fraction of sp³-hybridized carbons (Fsp3) is 0.105. The van der Waals surface area contributed by atoms with Crippen LogP contribution in [-0.4, -0.2) is 5.78 Å². The largest absolute Gasteiger partial charge is 0.289 e. The van der Waals surface area contributed by atoms with Gasteiger partial charge in [0, 0.05) is 11.1 Å². The standard InChI is InChI=1S/C19H16O/c1-13-10-11-14(2)18(12-13)19(20)17-9-5-7-15-6-3-4-8-16(15)17/h3-12H,1-2H3. The Morgan fingerprint density at radius 3 is 2.40 bits per heavy atom. The summed E-state index contributed by atoms with van der Waals surface area (Å²) < 4.78 is 0. The molecule has 3 aromatic carbocycles. The Morgan fingerprint density at radius 1 is 0.800 bits per heavy atom. The third-order valence-electron chi connectivity index (χ3n) is 3.67. The minimum atomic E-state index is 0.100. The molecule has 0 saturated heterocycles. The summed E-state index contributed by atoms with van der Waals surface area (Å²) in [7, 11) is 0. The van der Waals surface area contributed by atoms with Gasteiger partial charge in [0.2, 0.25) is 0 Å². The average Bonchev–Trinajstić information content (AvgIpc) is 2.48. The van der Waals surface area contributed by atoms with Gasteiger partial charge >= 0.3 is 0 Å². The average molecular weight is 260 g/mol. The van der Waals surface area contributed by atoms with Gasteiger partial charge in [-0.1, -0.05) is 60.2 Å². The number of fused-ring (bicyclic) bond motifs is 1. The predicted molar refractivity (Wildman–Crippen MR) is 83.3 cm³/mol. The molecular formula is C19H16O. The number of carbonyl (C=O) groups excluding carboxylic acids is 1. The molecule has 0 spiro atoms. The maximum Gasteiger partial charge on any atom is 0.193 e. The van der Waals surface area contributed by atoms with Crippen molar-refractivity contribution in [1.82, 2.24) is 0 Å². The smallest absolute Gasteiger partial charge is 0.193 e. The van der Waals surface area contributed by atoms with Crippen LogP contribution in [-0.2, 0) is 0 Å². The van der Waals surface area contributed by atoms with Crippen molar-refractivity contribution in [2.75, 3.05) is 0 Å². The van der Waals surface area contributed by atoms with Gasteiger partial charge in [-0.3, -0.25) is 4.79 Å². The lowest BCUT2D eigenvalue weighted by Gasteiger charge is -2.09. The molecule has 0 aliphatic rings. The molecule has 0 N–H and O–H groups in total. The van der Waals surface area contributed by atoms with Crippen molar-refractivity contribution in [2.45, 2.75) is 13.8 Å². The van der Waals surface area contributed by atoms with E-state index in [-0.39, 0.29) is 5.78 Å². The van der Waals surface area contributed by atoms with Crippen LogP contribution in [0.5, 0.6) is 0 Å². The highest BCUT2D eigenvalue weighted by Crippen LogP contribution is 2.23. The van der Waals surface area contributed by atoms with E-state index in [9.17, 15) is 4.79 Å². The van der Waals surface area contributed by atoms with E-state index in [0.29, 0.717) is 0 Å². The second-order valence-corrected chi connectivity index (χ2v) is 5.17. The molecule has 0 amide bonds. The summed E-state index contributed by atoms with van der Waals surface area (Å²) >= 11 is 0. The van der Waals surface area contributed by atoms with E-state index in [1.165, 1.54) is 0 Å². The van der Waals surface area contributed by atoms with Gasteiger partial charge in [-0.15, -0.1) is 0 Å². The zero-order valence-corrected chi connectivity index (χ0v) is 11.7. The normalized spacial score (nSPS) is 10.7. The Kier molecular flexibility index (Phi) is 3.11. The number of hydrogen-bond acceptors (Lipinski definition) is 1. The van der Waals surface area contributed by atoms with E-state index >= 15 is 0 Å². The molecule has 3 rings (SSSR count). The lowest BCUT2D eigenvalue weighted by molar-refractivity contribution is 0.103. The highest BCUT2D eigenvalue weighted by molar-refractivity contribution is 6.17. The summed E-state index contributed by atoms with van der Waals surface area (Å²) in [6.07, 6.45) is 0. The third kappa shape index (κ3) is 2.12. The molecule has 20 heavy (non-hydrogen) atoms. The maximum atomic E-state index is 12.8. The second-order valence-electron chi connectivity index (χ2n) is 5.17. The first-order valence-electron chi connectivity index (χ1n) is 6.76. The molecule has 0 fully saturated rings. The van der Waals surface area contributed by atoms with Crippen LogP contribution in [0.15, 0.2) is 60.7 Å². The summed E-state index contributed by atoms with van der Waals surface area (Å²) in [4.78, 5) is 12.8. The van der Waals surface area contributed by atoms with Gasteiger partial charge in [0.15, 0.2) is 5.78 Å². The number of hydrogen-bond donors (Lipinski definition) is 0. The van der Waals surface area contributed by atoms with E-state index in [1.54, 1.807) is 0 Å². The topological polar surface area (TPSA) is 17.1 Å². The number of aryl methyl sites for hydroxylation is 2. The van der Waals surface area contributed by atoms with Crippen LogP contribution in [0, 0.1) is 13.8 Å². The Labute approximate surface area is 118 Å². The Hall–Kier alpha value is -2.41. The van der Waals surface area contributed by atoms with Gasteiger partial charge in [-0.2, -0.15) is 0 Å². The van der Waals surface area contributed by atoms with Crippen molar-refractivity contribution in [3.8, 4) is 0 Å². The molecule has 98 valence electrons. The Morgan fingerprint density at radius 2 is 1.55 bits per heavy atom. The van der Waals surface area contributed by atoms with E-state index in [1.807, 2.05) is 74.5 Å². The monoisotopic (exact) mass is 260 g/mol. The van der Waals surface area contributed by atoms with Crippen LogP contribution in [0.25, 0.3) is 10.8 Å². The van der Waals surface area contributed by atoms with Crippen molar-refractivity contribution in [2.24, 2.45) is 0 Å². The van der Waals surface area contributed by atoms with Gasteiger partial charge < -0.3 is 0 Å². The quantitative estimate of drug-likeness (QED) is 0.611. The summed E-state index contributed by atoms with van der Waals surface area (Å²) in [6.45, 7) is 4.00. The van der Waals surface area contributed by atoms with Crippen LogP contribution in [0.1, 0.15) is 27.0 Å². The first-order valence-corrected chi connectivity index (χ1v) is 6.76. The molecule has 3 aromatic rings. The molecule has 0 aliphatic carbocycles. The Balaban J connectivity index is 2.20. The summed E-state index contributed by atoms with van der Waals surface area (Å²) in [6, 6.07) is 19.9. The minimum Gasteiger partial charge on any atom is -0.289 e. The van der Waals surface area contributed by atoms with E-state index in [0.717, 1.165) is 33.0 Å². The van der Waals surface area contributed by atoms with Crippen LogP contribution in [0.4, 0.5) is 0 Å². The van der Waals surface area contributed by atoms with Gasteiger partial charge in [0.05, 0.1) is 0 Å². The molecule has 1 nitrogen and oxygen atoms in total. The predicted octanol–water partition coefficient (Wildman–Crippen LogP) is 4.69. The van der Waals surface area contributed by atoms with Gasteiger partial charge in [0.1, 0.15) is 0 Å². The number of ketones is 1. The number of rotatable bonds is 2. The van der Waals surface area contributed by atoms with Crippen molar-refractivity contribution in [3.05, 3.63) is 82.9 Å². The Bertz CT molecular complexity index is 794. The highest BCUT2D eigenvalue weighted by Gasteiger charge is 2.14. The van der Waals surface area contributed by atoms with Crippen LogP contribution >= 0.6 is 0 Å². The first-order chi connectivity index (χ1) is 9.66. The molecule has 0 unspecified atom stereocenters. The third-order valence-corrected chi connectivity index (χ3v) is 3.67. The molecule has 1 heteroatoms. The zero-order chi connectivity index (χ0) is 14.1. The molecule has 0 aromatic heterocycles. The molecular weight excluding hydrogens is 244 g/mol. The van der Waals surface area contributed by atoms with E-state index in [4.69, 9.17) is 0 Å². The van der Waals surface area contributed by atoms with Crippen molar-refractivity contribution in [3.63, 3.8) is 0 Å². The molecule has 0 bridgehead atoms. The van der Waals surface area contributed by atoms with Crippen LogP contribution < -0.4 is 0 Å². The van der Waals surface area contributed by atoms with Crippen LogP contribution in [0.3, 0.4) is 0 Å². The van der Waals surface area contributed by atoms with E-state index < -0.39 is 0 Å². The first kappa shape index (κ1) is 12.6. The summed E-state index contributed by atoms with van der Waals surface area (Å²) in [5, 5.41) is 2.12. The molecule has 0 atom stereocenters. The van der Waals surface area contributed by atoms with Gasteiger partial charge in [-0.25, -0.2) is 0 Å². The fourth-order valence-corrected chi connectivity index (χ4v) is 2.55. The number of benzene rings is 3. The highest BCUT2D eigenvalue weighted by atomic mass is 16.1. The van der Waals surface area contributed by atoms with Crippen molar-refractivity contribution in [1.29, 1.82) is 0 Å².